The maximum atomic E-state index is 6.78. The molecule has 0 amide bonds. The predicted octanol–water partition coefficient (Wildman–Crippen LogP) is 11.8. The van der Waals surface area contributed by atoms with Gasteiger partial charge in [-0.05, 0) is 29.3 Å². The van der Waals surface area contributed by atoms with Crippen LogP contribution < -0.4 is 0 Å². The molecule has 0 atom stereocenters. The summed E-state index contributed by atoms with van der Waals surface area (Å²) >= 11 is 0. The zero-order chi connectivity index (χ0) is 33.7. The van der Waals surface area contributed by atoms with Gasteiger partial charge in [0.25, 0.3) is 0 Å². The predicted molar refractivity (Wildman–Crippen MR) is 207 cm³/mol. The van der Waals surface area contributed by atoms with Gasteiger partial charge in [-0.25, -0.2) is 19.9 Å². The quantitative estimate of drug-likeness (QED) is 0.173. The molecule has 5 heteroatoms. The SMILES string of the molecule is c1ccc(-c2nc(-c3ccccc3)nc(-c3ccc(-c4cccc5oc6c(ccc7c(-c8ccccc8)nc8ccccc8c76)c45)cc3)n2)cc1. The van der Waals surface area contributed by atoms with Crippen LogP contribution in [0.4, 0.5) is 0 Å². The van der Waals surface area contributed by atoms with Crippen molar-refractivity contribution in [1.82, 2.24) is 19.9 Å². The number of pyridine rings is 1. The summed E-state index contributed by atoms with van der Waals surface area (Å²) in [6.45, 7) is 0. The van der Waals surface area contributed by atoms with Crippen molar-refractivity contribution < 1.29 is 4.42 Å². The fourth-order valence-electron chi connectivity index (χ4n) is 7.11. The van der Waals surface area contributed by atoms with Crippen molar-refractivity contribution in [3.8, 4) is 56.5 Å². The van der Waals surface area contributed by atoms with E-state index in [2.05, 4.69) is 97.1 Å². The van der Waals surface area contributed by atoms with Crippen LogP contribution in [-0.2, 0) is 0 Å². The Morgan fingerprint density at radius 2 is 0.863 bits per heavy atom. The van der Waals surface area contributed by atoms with Gasteiger partial charge in [0.15, 0.2) is 17.5 Å². The average Bonchev–Trinajstić information content (AvgIpc) is 3.61. The van der Waals surface area contributed by atoms with E-state index in [0.29, 0.717) is 17.5 Å². The zero-order valence-corrected chi connectivity index (χ0v) is 27.4. The monoisotopic (exact) mass is 652 g/mol. The van der Waals surface area contributed by atoms with Crippen LogP contribution in [0.25, 0.3) is 100 Å². The van der Waals surface area contributed by atoms with E-state index < -0.39 is 0 Å². The molecule has 5 nitrogen and oxygen atoms in total. The normalized spacial score (nSPS) is 11.5. The average molecular weight is 653 g/mol. The lowest BCUT2D eigenvalue weighted by Crippen LogP contribution is -2.00. The summed E-state index contributed by atoms with van der Waals surface area (Å²) in [5, 5.41) is 5.38. The summed E-state index contributed by atoms with van der Waals surface area (Å²) in [5.41, 5.74) is 9.67. The molecule has 0 spiro atoms. The Morgan fingerprint density at radius 3 is 1.51 bits per heavy atom. The van der Waals surface area contributed by atoms with Crippen LogP contribution in [0.15, 0.2) is 174 Å². The Labute approximate surface area is 293 Å². The van der Waals surface area contributed by atoms with E-state index in [9.17, 15) is 0 Å². The van der Waals surface area contributed by atoms with Crippen molar-refractivity contribution in [2.45, 2.75) is 0 Å². The lowest BCUT2D eigenvalue weighted by Gasteiger charge is -2.11. The van der Waals surface area contributed by atoms with Crippen molar-refractivity contribution in [3.63, 3.8) is 0 Å². The number of rotatable bonds is 5. The molecular weight excluding hydrogens is 625 g/mol. The van der Waals surface area contributed by atoms with Crippen molar-refractivity contribution in [3.05, 3.63) is 170 Å². The van der Waals surface area contributed by atoms with Crippen molar-refractivity contribution in [2.24, 2.45) is 0 Å². The smallest absolute Gasteiger partial charge is 0.164 e. The second kappa shape index (κ2) is 11.9. The van der Waals surface area contributed by atoms with Crippen molar-refractivity contribution in [2.75, 3.05) is 0 Å². The largest absolute Gasteiger partial charge is 0.455 e. The van der Waals surface area contributed by atoms with Crippen LogP contribution in [0, 0.1) is 0 Å². The van der Waals surface area contributed by atoms with Crippen LogP contribution in [0.1, 0.15) is 0 Å². The standard InChI is InChI=1S/C46H28N4O/c1-4-13-30(14-5-1)42-36-27-28-37-40-34(20-12-22-39(40)51-43(37)41(36)35-19-10-11-21-38(35)47-42)29-23-25-33(26-24-29)46-49-44(31-15-6-2-7-16-31)48-45(50-46)32-17-8-3-9-18-32/h1-28H. The number of fused-ring (bicyclic) bond motifs is 7. The number of aromatic nitrogens is 4. The Kier molecular flexibility index (Phi) is 6.74. The first-order chi connectivity index (χ1) is 25.3. The summed E-state index contributed by atoms with van der Waals surface area (Å²) in [4.78, 5) is 19.8. The molecule has 0 saturated carbocycles. The number of hydrogen-bond donors (Lipinski definition) is 0. The first-order valence-corrected chi connectivity index (χ1v) is 17.0. The van der Waals surface area contributed by atoms with E-state index in [1.807, 2.05) is 72.8 Å². The number of para-hydroxylation sites is 1. The third kappa shape index (κ3) is 4.94. The van der Waals surface area contributed by atoms with Crippen LogP contribution >= 0.6 is 0 Å². The minimum atomic E-state index is 0.627. The van der Waals surface area contributed by atoms with Gasteiger partial charge in [-0.3, -0.25) is 0 Å². The summed E-state index contributed by atoms with van der Waals surface area (Å²) < 4.78 is 6.78. The van der Waals surface area contributed by atoms with E-state index in [1.54, 1.807) is 0 Å². The van der Waals surface area contributed by atoms with E-state index >= 15 is 0 Å². The van der Waals surface area contributed by atoms with Gasteiger partial charge in [-0.1, -0.05) is 152 Å². The maximum Gasteiger partial charge on any atom is 0.164 e. The molecule has 10 rings (SSSR count). The molecule has 3 heterocycles. The van der Waals surface area contributed by atoms with Gasteiger partial charge in [-0.15, -0.1) is 0 Å². The van der Waals surface area contributed by atoms with Crippen molar-refractivity contribution >= 4 is 43.6 Å². The van der Waals surface area contributed by atoms with Crippen molar-refractivity contribution in [1.29, 1.82) is 0 Å². The van der Waals surface area contributed by atoms with Gasteiger partial charge in [0.1, 0.15) is 11.2 Å². The van der Waals surface area contributed by atoms with Crippen LogP contribution in [-0.4, -0.2) is 19.9 Å². The van der Waals surface area contributed by atoms with Gasteiger partial charge in [0.2, 0.25) is 0 Å². The van der Waals surface area contributed by atoms with E-state index in [1.165, 1.54) is 0 Å². The molecule has 0 fully saturated rings. The molecule has 0 N–H and O–H groups in total. The van der Waals surface area contributed by atoms with Gasteiger partial charge >= 0.3 is 0 Å². The van der Waals surface area contributed by atoms with E-state index in [0.717, 1.165) is 82.7 Å². The highest BCUT2D eigenvalue weighted by atomic mass is 16.3. The molecule has 238 valence electrons. The second-order valence-corrected chi connectivity index (χ2v) is 12.6. The van der Waals surface area contributed by atoms with Crippen LogP contribution in [0.2, 0.25) is 0 Å². The maximum absolute atomic E-state index is 6.78. The van der Waals surface area contributed by atoms with Crippen LogP contribution in [0.3, 0.4) is 0 Å². The lowest BCUT2D eigenvalue weighted by atomic mass is 9.95. The molecule has 0 radical (unpaired) electrons. The molecule has 3 aromatic heterocycles. The van der Waals surface area contributed by atoms with Gasteiger partial charge in [0, 0.05) is 49.2 Å². The topological polar surface area (TPSA) is 64.7 Å². The highest BCUT2D eigenvalue weighted by molar-refractivity contribution is 6.26. The number of furan rings is 1. The van der Waals surface area contributed by atoms with Crippen LogP contribution in [0.5, 0.6) is 0 Å². The molecule has 0 aliphatic heterocycles. The summed E-state index contributed by atoms with van der Waals surface area (Å²) in [6.07, 6.45) is 0. The molecule has 0 unspecified atom stereocenters. The molecule has 51 heavy (non-hydrogen) atoms. The molecule has 0 bridgehead atoms. The van der Waals surface area contributed by atoms with Gasteiger partial charge in [-0.2, -0.15) is 0 Å². The number of nitrogens with zero attached hydrogens (tertiary/aromatic N) is 4. The molecule has 0 aliphatic carbocycles. The molecule has 10 aromatic rings. The second-order valence-electron chi connectivity index (χ2n) is 12.6. The third-order valence-corrected chi connectivity index (χ3v) is 9.53. The highest BCUT2D eigenvalue weighted by Crippen LogP contribution is 2.43. The van der Waals surface area contributed by atoms with E-state index in [4.69, 9.17) is 24.4 Å². The Bertz CT molecular complexity index is 2830. The fourth-order valence-corrected chi connectivity index (χ4v) is 7.11. The first-order valence-electron chi connectivity index (χ1n) is 17.0. The van der Waals surface area contributed by atoms with Gasteiger partial charge in [0.05, 0.1) is 11.2 Å². The Hall–Kier alpha value is -6.98. The third-order valence-electron chi connectivity index (χ3n) is 9.53. The molecule has 0 aliphatic rings. The molecule has 0 saturated heterocycles. The number of hydrogen-bond acceptors (Lipinski definition) is 5. The summed E-state index contributed by atoms with van der Waals surface area (Å²) in [6, 6.07) is 57.9. The van der Waals surface area contributed by atoms with E-state index in [-0.39, 0.29) is 0 Å². The molecule has 7 aromatic carbocycles. The Balaban J connectivity index is 1.13. The lowest BCUT2D eigenvalue weighted by molar-refractivity contribution is 0.673. The van der Waals surface area contributed by atoms with Gasteiger partial charge < -0.3 is 4.42 Å². The first kappa shape index (κ1) is 29.0. The minimum Gasteiger partial charge on any atom is -0.455 e. The molecular formula is C46H28N4O. The minimum absolute atomic E-state index is 0.627. The zero-order valence-electron chi connectivity index (χ0n) is 27.4. The number of benzene rings is 7. The Morgan fingerprint density at radius 1 is 0.333 bits per heavy atom. The summed E-state index contributed by atoms with van der Waals surface area (Å²) in [7, 11) is 0. The highest BCUT2D eigenvalue weighted by Gasteiger charge is 2.19. The fraction of sp³-hybridized carbons (Fsp3) is 0. The summed E-state index contributed by atoms with van der Waals surface area (Å²) in [5.74, 6) is 1.91.